The lowest BCUT2D eigenvalue weighted by Gasteiger charge is -2.10. The minimum Gasteiger partial charge on any atom is -0.221 e. The molecule has 80 valence electrons. The summed E-state index contributed by atoms with van der Waals surface area (Å²) < 4.78 is 25.6. The third-order valence-corrected chi connectivity index (χ3v) is 3.45. The average molecular weight is 217 g/mol. The van der Waals surface area contributed by atoms with Crippen molar-refractivity contribution in [1.82, 2.24) is 0 Å². The van der Waals surface area contributed by atoms with Gasteiger partial charge in [-0.1, -0.05) is 25.8 Å². The van der Waals surface area contributed by atoms with Crippen molar-refractivity contribution in [3.63, 3.8) is 0 Å². The van der Waals surface area contributed by atoms with Gasteiger partial charge in [-0.25, -0.2) is 8.42 Å². The average Bonchev–Trinajstić information content (AvgIpc) is 2.11. The van der Waals surface area contributed by atoms with Gasteiger partial charge in [0.25, 0.3) is 0 Å². The molecule has 5 nitrogen and oxygen atoms in total. The Bertz CT molecular complexity index is 317. The van der Waals surface area contributed by atoms with Crippen molar-refractivity contribution in [2.45, 2.75) is 37.9 Å². The van der Waals surface area contributed by atoms with Crippen LogP contribution in [0.1, 0.15) is 32.6 Å². The second kappa shape index (κ2) is 6.45. The van der Waals surface area contributed by atoms with Crippen LogP contribution in [0.15, 0.2) is 17.2 Å². The lowest BCUT2D eigenvalue weighted by Crippen LogP contribution is -2.17. The summed E-state index contributed by atoms with van der Waals surface area (Å²) in [6.07, 6.45) is 4.11. The fourth-order valence-corrected chi connectivity index (χ4v) is 2.20. The number of nitrogens with zero attached hydrogens (tertiary/aromatic N) is 3. The highest BCUT2D eigenvalue weighted by Gasteiger charge is 2.21. The quantitative estimate of drug-likeness (QED) is 0.284. The molecule has 0 aliphatic rings. The van der Waals surface area contributed by atoms with Gasteiger partial charge in [0.15, 0.2) is 0 Å². The van der Waals surface area contributed by atoms with Crippen molar-refractivity contribution < 1.29 is 8.42 Å². The molecule has 0 aliphatic heterocycles. The third-order valence-electron chi connectivity index (χ3n) is 1.88. The molecule has 0 aromatic rings. The molecule has 0 rings (SSSR count). The highest BCUT2D eigenvalue weighted by atomic mass is 32.2. The Kier molecular flexibility index (Phi) is 5.99. The van der Waals surface area contributed by atoms with Gasteiger partial charge in [0, 0.05) is 9.43 Å². The van der Waals surface area contributed by atoms with Crippen LogP contribution in [-0.2, 0) is 10.0 Å². The molecule has 14 heavy (non-hydrogen) atoms. The zero-order valence-electron chi connectivity index (χ0n) is 8.26. The Morgan fingerprint density at radius 1 is 1.64 bits per heavy atom. The Morgan fingerprint density at radius 2 is 2.29 bits per heavy atom. The molecular weight excluding hydrogens is 202 g/mol. The van der Waals surface area contributed by atoms with E-state index < -0.39 is 15.3 Å². The van der Waals surface area contributed by atoms with Crippen LogP contribution in [0, 0.1) is 0 Å². The SMILES string of the molecule is C=CCC(CCCC)S(=O)(=O)N=[N+]=[N-]. The van der Waals surface area contributed by atoms with E-state index in [2.05, 4.69) is 16.0 Å². The van der Waals surface area contributed by atoms with Crippen molar-refractivity contribution >= 4 is 10.0 Å². The van der Waals surface area contributed by atoms with Crippen LogP contribution in [0.2, 0.25) is 0 Å². The molecule has 0 bridgehead atoms. The number of allylic oxidation sites excluding steroid dienone is 1. The zero-order chi connectivity index (χ0) is 11.0. The molecule has 0 spiro atoms. The summed E-state index contributed by atoms with van der Waals surface area (Å²) in [5.74, 6) is 0. The molecule has 1 unspecified atom stereocenters. The summed E-state index contributed by atoms with van der Waals surface area (Å²) in [5, 5.41) is -0.615. The van der Waals surface area contributed by atoms with Gasteiger partial charge in [-0.15, -0.1) is 6.58 Å². The van der Waals surface area contributed by atoms with E-state index in [1.807, 2.05) is 6.92 Å². The van der Waals surface area contributed by atoms with Crippen molar-refractivity contribution in [1.29, 1.82) is 0 Å². The van der Waals surface area contributed by atoms with Crippen molar-refractivity contribution in [2.24, 2.45) is 4.52 Å². The molecule has 0 aromatic carbocycles. The topological polar surface area (TPSA) is 82.9 Å². The van der Waals surface area contributed by atoms with E-state index in [4.69, 9.17) is 5.53 Å². The molecule has 0 heterocycles. The van der Waals surface area contributed by atoms with Gasteiger partial charge in [-0.3, -0.25) is 0 Å². The monoisotopic (exact) mass is 217 g/mol. The van der Waals surface area contributed by atoms with Gasteiger partial charge >= 0.3 is 0 Å². The number of azide groups is 1. The van der Waals surface area contributed by atoms with Crippen LogP contribution in [0.5, 0.6) is 0 Å². The molecule has 0 aliphatic carbocycles. The van der Waals surface area contributed by atoms with Crippen LogP contribution >= 0.6 is 0 Å². The van der Waals surface area contributed by atoms with E-state index in [1.54, 1.807) is 0 Å². The second-order valence-electron chi connectivity index (χ2n) is 2.97. The molecule has 1 atom stereocenters. The van der Waals surface area contributed by atoms with Gasteiger partial charge < -0.3 is 0 Å². The highest BCUT2D eigenvalue weighted by Crippen LogP contribution is 2.16. The Labute approximate surface area is 84.5 Å². The standard InChI is InChI=1S/C8H15N3O2S/c1-3-5-7-8(6-4-2)14(12,13)11-10-9/h4,8H,2-3,5-7H2,1H3. The van der Waals surface area contributed by atoms with E-state index >= 15 is 0 Å². The minimum atomic E-state index is -3.67. The summed E-state index contributed by atoms with van der Waals surface area (Å²) in [6, 6.07) is 0. The Morgan fingerprint density at radius 3 is 2.71 bits per heavy atom. The van der Waals surface area contributed by atoms with Gasteiger partial charge in [-0.2, -0.15) is 0 Å². The van der Waals surface area contributed by atoms with Gasteiger partial charge in [0.2, 0.25) is 10.0 Å². The maximum absolute atomic E-state index is 11.4. The first-order valence-corrected chi connectivity index (χ1v) is 5.99. The summed E-state index contributed by atoms with van der Waals surface area (Å²) in [6.45, 7) is 5.46. The van der Waals surface area contributed by atoms with Crippen LogP contribution in [0.25, 0.3) is 10.4 Å². The number of hydrogen-bond acceptors (Lipinski definition) is 2. The smallest absolute Gasteiger partial charge is 0.221 e. The summed E-state index contributed by atoms with van der Waals surface area (Å²) >= 11 is 0. The fourth-order valence-electron chi connectivity index (χ4n) is 1.12. The predicted octanol–water partition coefficient (Wildman–Crippen LogP) is 2.76. The van der Waals surface area contributed by atoms with Gasteiger partial charge in [-0.05, 0) is 18.4 Å². The van der Waals surface area contributed by atoms with Crippen LogP contribution in [-0.4, -0.2) is 13.7 Å². The number of sulfonamides is 1. The van der Waals surface area contributed by atoms with E-state index in [9.17, 15) is 8.42 Å². The molecule has 0 N–H and O–H groups in total. The Balaban J connectivity index is 4.62. The van der Waals surface area contributed by atoms with Crippen molar-refractivity contribution in [3.05, 3.63) is 23.1 Å². The predicted molar refractivity (Wildman–Crippen MR) is 56.2 cm³/mol. The first-order chi connectivity index (χ1) is 6.58. The lowest BCUT2D eigenvalue weighted by atomic mass is 10.1. The maximum Gasteiger partial charge on any atom is 0.238 e. The molecule has 0 saturated carbocycles. The number of unbranched alkanes of at least 4 members (excludes halogenated alkanes) is 1. The number of hydrogen-bond donors (Lipinski definition) is 0. The van der Waals surface area contributed by atoms with Crippen molar-refractivity contribution in [3.8, 4) is 0 Å². The first-order valence-electron chi connectivity index (χ1n) is 4.49. The lowest BCUT2D eigenvalue weighted by molar-refractivity contribution is 0.565. The van der Waals surface area contributed by atoms with E-state index in [-0.39, 0.29) is 0 Å². The molecular formula is C8H15N3O2S. The molecule has 0 saturated heterocycles. The summed E-state index contributed by atoms with van der Waals surface area (Å²) in [5.41, 5.74) is 8.10. The molecule has 6 heteroatoms. The van der Waals surface area contributed by atoms with Crippen LogP contribution in [0.3, 0.4) is 0 Å². The van der Waals surface area contributed by atoms with Crippen LogP contribution < -0.4 is 0 Å². The van der Waals surface area contributed by atoms with E-state index in [1.165, 1.54) is 6.08 Å². The number of rotatable bonds is 7. The summed E-state index contributed by atoms with van der Waals surface area (Å²) in [7, 11) is -3.67. The maximum atomic E-state index is 11.4. The van der Waals surface area contributed by atoms with Gasteiger partial charge in [0.05, 0.1) is 5.25 Å². The zero-order valence-corrected chi connectivity index (χ0v) is 9.07. The second-order valence-corrected chi connectivity index (χ2v) is 4.83. The highest BCUT2D eigenvalue weighted by molar-refractivity contribution is 7.90. The molecule has 0 fully saturated rings. The minimum absolute atomic E-state index is 0.335. The normalized spacial score (nSPS) is 12.9. The third kappa shape index (κ3) is 4.30. The fraction of sp³-hybridized carbons (Fsp3) is 0.750. The van der Waals surface area contributed by atoms with E-state index in [0.717, 1.165) is 12.8 Å². The molecule has 0 radical (unpaired) electrons. The van der Waals surface area contributed by atoms with Gasteiger partial charge in [0.1, 0.15) is 0 Å². The Hall–Kier alpha value is -1.00. The molecule has 0 amide bonds. The molecule has 0 aromatic heterocycles. The first kappa shape index (κ1) is 13.0. The summed E-state index contributed by atoms with van der Waals surface area (Å²) in [4.78, 5) is 2.32. The largest absolute Gasteiger partial charge is 0.238 e. The van der Waals surface area contributed by atoms with E-state index in [0.29, 0.717) is 12.8 Å². The van der Waals surface area contributed by atoms with Crippen molar-refractivity contribution in [2.75, 3.05) is 0 Å². The van der Waals surface area contributed by atoms with Crippen LogP contribution in [0.4, 0.5) is 0 Å².